The molecule has 0 bridgehead atoms. The van der Waals surface area contributed by atoms with Gasteiger partial charge in [-0.2, -0.15) is 0 Å². The van der Waals surface area contributed by atoms with E-state index in [0.717, 1.165) is 0 Å². The first-order valence-corrected chi connectivity index (χ1v) is 12.1. The molecule has 0 fully saturated rings. The van der Waals surface area contributed by atoms with Gasteiger partial charge in [0.1, 0.15) is 0 Å². The molecule has 2 heteroatoms. The van der Waals surface area contributed by atoms with Crippen LogP contribution in [-0.2, 0) is 0 Å². The van der Waals surface area contributed by atoms with Gasteiger partial charge in [-0.25, -0.2) is 0 Å². The zero-order chi connectivity index (χ0) is 19.7. The van der Waals surface area contributed by atoms with Crippen molar-refractivity contribution in [3.63, 3.8) is 0 Å². The normalized spacial score (nSPS) is 11.0. The second kappa shape index (κ2) is 10.2. The van der Waals surface area contributed by atoms with Gasteiger partial charge >= 0.3 is 0 Å². The SMILES string of the molecule is C(#CP(c1ccccc1)c1ccccc1)PC(c1ccccc1)c1ccccc1. The first-order chi connectivity index (χ1) is 14.4. The van der Waals surface area contributed by atoms with Gasteiger partial charge in [-0.05, 0) is 30.3 Å². The topological polar surface area (TPSA) is 0 Å². The zero-order valence-corrected chi connectivity index (χ0v) is 18.0. The summed E-state index contributed by atoms with van der Waals surface area (Å²) in [5.41, 5.74) is 10.2. The highest BCUT2D eigenvalue weighted by atomic mass is 31.1. The molecular formula is C27H22P2. The largest absolute Gasteiger partial charge is 0.0738 e. The Morgan fingerprint density at radius 1 is 0.517 bits per heavy atom. The fourth-order valence-electron chi connectivity index (χ4n) is 3.24. The van der Waals surface area contributed by atoms with E-state index in [-0.39, 0.29) is 0 Å². The molecule has 0 saturated carbocycles. The van der Waals surface area contributed by atoms with Crippen LogP contribution in [0, 0.1) is 11.3 Å². The Morgan fingerprint density at radius 3 is 1.31 bits per heavy atom. The van der Waals surface area contributed by atoms with Crippen LogP contribution in [0.1, 0.15) is 16.8 Å². The van der Waals surface area contributed by atoms with Crippen LogP contribution in [0.5, 0.6) is 0 Å². The first kappa shape index (κ1) is 19.6. The van der Waals surface area contributed by atoms with Gasteiger partial charge in [0.05, 0.1) is 0 Å². The average molecular weight is 408 g/mol. The molecule has 0 N–H and O–H groups in total. The Morgan fingerprint density at radius 2 is 0.897 bits per heavy atom. The van der Waals surface area contributed by atoms with Gasteiger partial charge in [0.2, 0.25) is 0 Å². The molecule has 4 aromatic rings. The minimum absolute atomic E-state index is 0.313. The Kier molecular flexibility index (Phi) is 6.89. The Balaban J connectivity index is 1.66. The van der Waals surface area contributed by atoms with E-state index in [1.54, 1.807) is 0 Å². The minimum atomic E-state index is -0.674. The third-order valence-corrected chi connectivity index (χ3v) is 8.08. The molecule has 1 unspecified atom stereocenters. The summed E-state index contributed by atoms with van der Waals surface area (Å²) in [4.78, 5) is 0. The van der Waals surface area contributed by atoms with Crippen LogP contribution in [0.2, 0.25) is 0 Å². The molecule has 0 aliphatic rings. The summed E-state index contributed by atoms with van der Waals surface area (Å²) >= 11 is 0. The number of benzene rings is 4. The Bertz CT molecular complexity index is 987. The van der Waals surface area contributed by atoms with Gasteiger partial charge in [0.15, 0.2) is 0 Å². The second-order valence-electron chi connectivity index (χ2n) is 6.64. The van der Waals surface area contributed by atoms with Crippen molar-refractivity contribution >= 4 is 27.1 Å². The van der Waals surface area contributed by atoms with Gasteiger partial charge in [0.25, 0.3) is 0 Å². The summed E-state index contributed by atoms with van der Waals surface area (Å²) < 4.78 is 0. The average Bonchev–Trinajstić information content (AvgIpc) is 2.81. The lowest BCUT2D eigenvalue weighted by Crippen LogP contribution is -2.09. The van der Waals surface area contributed by atoms with E-state index in [0.29, 0.717) is 14.2 Å². The van der Waals surface area contributed by atoms with Crippen LogP contribution >= 0.6 is 16.5 Å². The summed E-state index contributed by atoms with van der Waals surface area (Å²) in [6, 6.07) is 42.8. The van der Waals surface area contributed by atoms with Crippen molar-refractivity contribution in [3.8, 4) is 11.3 Å². The highest BCUT2D eigenvalue weighted by molar-refractivity contribution is 7.77. The molecule has 0 amide bonds. The van der Waals surface area contributed by atoms with E-state index >= 15 is 0 Å². The van der Waals surface area contributed by atoms with Gasteiger partial charge in [-0.1, -0.05) is 133 Å². The van der Waals surface area contributed by atoms with Crippen molar-refractivity contribution in [1.82, 2.24) is 0 Å². The molecule has 0 aliphatic carbocycles. The lowest BCUT2D eigenvalue weighted by atomic mass is 10.0. The minimum Gasteiger partial charge on any atom is -0.0738 e. The lowest BCUT2D eigenvalue weighted by Gasteiger charge is -2.16. The van der Waals surface area contributed by atoms with E-state index in [4.69, 9.17) is 0 Å². The van der Waals surface area contributed by atoms with Crippen molar-refractivity contribution in [2.45, 2.75) is 5.66 Å². The molecule has 0 saturated heterocycles. The molecule has 0 spiro atoms. The van der Waals surface area contributed by atoms with Crippen molar-refractivity contribution < 1.29 is 0 Å². The molecule has 1 atom stereocenters. The first-order valence-electron chi connectivity index (χ1n) is 9.68. The summed E-state index contributed by atoms with van der Waals surface area (Å²) in [7, 11) is -0.158. The zero-order valence-electron chi connectivity index (χ0n) is 16.1. The van der Waals surface area contributed by atoms with E-state index in [9.17, 15) is 0 Å². The molecule has 29 heavy (non-hydrogen) atoms. The van der Waals surface area contributed by atoms with E-state index in [1.165, 1.54) is 21.7 Å². The van der Waals surface area contributed by atoms with Crippen LogP contribution in [0.4, 0.5) is 0 Å². The van der Waals surface area contributed by atoms with E-state index in [2.05, 4.69) is 133 Å². The molecular weight excluding hydrogens is 386 g/mol. The number of rotatable bonds is 5. The lowest BCUT2D eigenvalue weighted by molar-refractivity contribution is 1.15. The molecule has 140 valence electrons. The van der Waals surface area contributed by atoms with Gasteiger partial charge < -0.3 is 0 Å². The predicted octanol–water partition coefficient (Wildman–Crippen LogP) is 6.51. The summed E-state index contributed by atoms with van der Waals surface area (Å²) in [6.07, 6.45) is 0. The Hall–Kier alpha value is -2.70. The van der Waals surface area contributed by atoms with Gasteiger partial charge in [-0.3, -0.25) is 0 Å². The molecule has 4 rings (SSSR count). The maximum absolute atomic E-state index is 3.65. The summed E-state index contributed by atoms with van der Waals surface area (Å²) in [5.74, 6) is 0. The standard InChI is InChI=1S/C27H22P2/c1-5-13-23(14-6-1)27(24-15-7-2-8-16-24)28-21-22-29(25-17-9-3-10-18-25)26-19-11-4-12-20-26/h1-20,27-28H. The van der Waals surface area contributed by atoms with E-state index < -0.39 is 7.92 Å². The maximum Gasteiger partial charge on any atom is 0.0375 e. The fourth-order valence-corrected chi connectivity index (χ4v) is 6.31. The van der Waals surface area contributed by atoms with Crippen LogP contribution < -0.4 is 10.6 Å². The van der Waals surface area contributed by atoms with Crippen LogP contribution in [-0.4, -0.2) is 0 Å². The fraction of sp³-hybridized carbons (Fsp3) is 0.0370. The van der Waals surface area contributed by atoms with Gasteiger partial charge in [0, 0.05) is 13.6 Å². The summed E-state index contributed by atoms with van der Waals surface area (Å²) in [6.45, 7) is 0. The Labute approximate surface area is 176 Å². The number of hydrogen-bond acceptors (Lipinski definition) is 0. The third-order valence-electron chi connectivity index (χ3n) is 4.68. The van der Waals surface area contributed by atoms with Crippen molar-refractivity contribution in [3.05, 3.63) is 132 Å². The molecule has 0 aliphatic heterocycles. The van der Waals surface area contributed by atoms with Crippen molar-refractivity contribution in [2.75, 3.05) is 0 Å². The van der Waals surface area contributed by atoms with E-state index in [1.807, 2.05) is 0 Å². The molecule has 0 nitrogen and oxygen atoms in total. The third kappa shape index (κ3) is 5.22. The summed E-state index contributed by atoms with van der Waals surface area (Å²) in [5, 5.41) is 2.61. The predicted molar refractivity (Wildman–Crippen MR) is 130 cm³/mol. The van der Waals surface area contributed by atoms with Gasteiger partial charge in [-0.15, -0.1) is 0 Å². The smallest absolute Gasteiger partial charge is 0.0375 e. The highest BCUT2D eigenvalue weighted by Crippen LogP contribution is 2.41. The molecule has 4 aromatic carbocycles. The monoisotopic (exact) mass is 408 g/mol. The van der Waals surface area contributed by atoms with Crippen LogP contribution in [0.25, 0.3) is 0 Å². The van der Waals surface area contributed by atoms with Crippen molar-refractivity contribution in [2.24, 2.45) is 0 Å². The number of hydrogen-bond donors (Lipinski definition) is 0. The highest BCUT2D eigenvalue weighted by Gasteiger charge is 2.14. The van der Waals surface area contributed by atoms with Crippen molar-refractivity contribution in [1.29, 1.82) is 0 Å². The van der Waals surface area contributed by atoms with Crippen LogP contribution in [0.3, 0.4) is 0 Å². The quantitative estimate of drug-likeness (QED) is 0.261. The maximum atomic E-state index is 3.65. The molecule has 0 aromatic heterocycles. The van der Waals surface area contributed by atoms with Crippen LogP contribution in [0.15, 0.2) is 121 Å². The molecule has 0 radical (unpaired) electrons. The molecule has 0 heterocycles. The second-order valence-corrected chi connectivity index (χ2v) is 9.69.